The molecule has 150 valence electrons. The van der Waals surface area contributed by atoms with Gasteiger partial charge in [0.15, 0.2) is 5.96 Å². The zero-order valence-corrected chi connectivity index (χ0v) is 16.9. The summed E-state index contributed by atoms with van der Waals surface area (Å²) in [4.78, 5) is 17.8. The van der Waals surface area contributed by atoms with Gasteiger partial charge in [0, 0.05) is 33.1 Å². The van der Waals surface area contributed by atoms with E-state index in [4.69, 9.17) is 10.5 Å². The van der Waals surface area contributed by atoms with Gasteiger partial charge in [-0.05, 0) is 48.8 Å². The number of likely N-dealkylation sites (tertiary alicyclic amines) is 1. The highest BCUT2D eigenvalue weighted by Crippen LogP contribution is 2.19. The summed E-state index contributed by atoms with van der Waals surface area (Å²) in [5.41, 5.74) is 6.62. The number of hydrogen-bond acceptors (Lipinski definition) is 3. The van der Waals surface area contributed by atoms with Crippen molar-refractivity contribution in [2.45, 2.75) is 39.5 Å². The van der Waals surface area contributed by atoms with Gasteiger partial charge in [-0.3, -0.25) is 9.79 Å². The summed E-state index contributed by atoms with van der Waals surface area (Å²) in [6, 6.07) is 8.30. The van der Waals surface area contributed by atoms with E-state index in [1.807, 2.05) is 12.1 Å². The molecule has 1 aliphatic rings. The second-order valence-electron chi connectivity index (χ2n) is 7.70. The molecule has 0 spiro atoms. The molecule has 1 saturated heterocycles. The van der Waals surface area contributed by atoms with Crippen molar-refractivity contribution in [2.24, 2.45) is 22.6 Å². The predicted molar refractivity (Wildman–Crippen MR) is 110 cm³/mol. The molecule has 6 nitrogen and oxygen atoms in total. The number of nitrogens with zero attached hydrogens (tertiary/aromatic N) is 2. The van der Waals surface area contributed by atoms with Crippen LogP contribution in [0.15, 0.2) is 29.3 Å². The van der Waals surface area contributed by atoms with Crippen LogP contribution in [0.2, 0.25) is 0 Å². The average molecular weight is 375 g/mol. The number of aliphatic imine (C=N–C) groups is 1. The van der Waals surface area contributed by atoms with Gasteiger partial charge >= 0.3 is 0 Å². The van der Waals surface area contributed by atoms with E-state index in [0.29, 0.717) is 18.3 Å². The Balaban J connectivity index is 1.78. The van der Waals surface area contributed by atoms with Gasteiger partial charge in [-0.2, -0.15) is 0 Å². The molecule has 0 aromatic heterocycles. The van der Waals surface area contributed by atoms with Crippen molar-refractivity contribution in [1.82, 2.24) is 10.2 Å². The summed E-state index contributed by atoms with van der Waals surface area (Å²) in [6.07, 6.45) is 3.50. The van der Waals surface area contributed by atoms with Crippen LogP contribution in [0.3, 0.4) is 0 Å². The third-order valence-electron chi connectivity index (χ3n) is 4.72. The van der Waals surface area contributed by atoms with Crippen LogP contribution in [-0.2, 0) is 11.2 Å². The number of rotatable bonds is 8. The molecule has 1 aromatic carbocycles. The van der Waals surface area contributed by atoms with Crippen molar-refractivity contribution in [3.05, 3.63) is 29.8 Å². The molecule has 1 fully saturated rings. The van der Waals surface area contributed by atoms with Crippen molar-refractivity contribution < 1.29 is 9.53 Å². The van der Waals surface area contributed by atoms with E-state index in [1.54, 1.807) is 7.05 Å². The SMILES string of the molecule is CN=C(NCCc1ccc(OCC(C)C)cc1)N1CCCC(CC(N)=O)C1. The minimum atomic E-state index is -0.217. The molecule has 0 radical (unpaired) electrons. The van der Waals surface area contributed by atoms with Crippen molar-refractivity contribution in [3.8, 4) is 5.75 Å². The lowest BCUT2D eigenvalue weighted by Gasteiger charge is -2.34. The predicted octanol–water partition coefficient (Wildman–Crippen LogP) is 2.43. The molecular weight excluding hydrogens is 340 g/mol. The number of nitrogens with two attached hydrogens (primary N) is 1. The fraction of sp³-hybridized carbons (Fsp3) is 0.619. The number of hydrogen-bond donors (Lipinski definition) is 2. The van der Waals surface area contributed by atoms with Gasteiger partial charge in [-0.25, -0.2) is 0 Å². The van der Waals surface area contributed by atoms with E-state index in [1.165, 1.54) is 5.56 Å². The highest BCUT2D eigenvalue weighted by Gasteiger charge is 2.23. The van der Waals surface area contributed by atoms with E-state index in [-0.39, 0.29) is 5.91 Å². The van der Waals surface area contributed by atoms with Crippen LogP contribution in [0.5, 0.6) is 5.75 Å². The maximum Gasteiger partial charge on any atom is 0.217 e. The van der Waals surface area contributed by atoms with Crippen LogP contribution >= 0.6 is 0 Å². The monoisotopic (exact) mass is 374 g/mol. The van der Waals surface area contributed by atoms with Crippen LogP contribution in [0.4, 0.5) is 0 Å². The number of carbonyl (C=O) groups is 1. The number of benzene rings is 1. The molecule has 1 atom stereocenters. The zero-order chi connectivity index (χ0) is 19.6. The maximum atomic E-state index is 11.2. The topological polar surface area (TPSA) is 80.0 Å². The Morgan fingerprint density at radius 3 is 2.74 bits per heavy atom. The molecule has 1 amide bonds. The average Bonchev–Trinajstić information content (AvgIpc) is 2.64. The van der Waals surface area contributed by atoms with Crippen molar-refractivity contribution in [2.75, 3.05) is 33.3 Å². The Morgan fingerprint density at radius 2 is 2.11 bits per heavy atom. The highest BCUT2D eigenvalue weighted by atomic mass is 16.5. The number of nitrogens with one attached hydrogen (secondary N) is 1. The third-order valence-corrected chi connectivity index (χ3v) is 4.72. The first-order chi connectivity index (χ1) is 13.0. The summed E-state index contributed by atoms with van der Waals surface area (Å²) in [7, 11) is 1.81. The summed E-state index contributed by atoms with van der Waals surface area (Å²) >= 11 is 0. The standard InChI is InChI=1S/C21H34N4O2/c1-16(2)15-27-19-8-6-17(7-9-19)10-11-24-21(23-3)25-12-4-5-18(14-25)13-20(22)26/h6-9,16,18H,4-5,10-15H2,1-3H3,(H2,22,26)(H,23,24). The molecule has 2 rings (SSSR count). The van der Waals surface area contributed by atoms with Crippen molar-refractivity contribution in [1.29, 1.82) is 0 Å². The Kier molecular flexibility index (Phi) is 8.43. The molecule has 6 heteroatoms. The molecule has 1 aromatic rings. The zero-order valence-electron chi connectivity index (χ0n) is 16.9. The number of ether oxygens (including phenoxy) is 1. The Morgan fingerprint density at radius 1 is 1.37 bits per heavy atom. The number of primary amides is 1. The minimum Gasteiger partial charge on any atom is -0.493 e. The number of amides is 1. The number of guanidine groups is 1. The quantitative estimate of drug-likeness (QED) is 0.541. The first-order valence-corrected chi connectivity index (χ1v) is 9.93. The van der Waals surface area contributed by atoms with Crippen LogP contribution in [0.25, 0.3) is 0 Å². The molecule has 1 unspecified atom stereocenters. The van der Waals surface area contributed by atoms with Gasteiger partial charge in [0.25, 0.3) is 0 Å². The van der Waals surface area contributed by atoms with Crippen LogP contribution in [0.1, 0.15) is 38.7 Å². The number of piperidine rings is 1. The lowest BCUT2D eigenvalue weighted by atomic mass is 9.95. The van der Waals surface area contributed by atoms with E-state index >= 15 is 0 Å². The highest BCUT2D eigenvalue weighted by molar-refractivity contribution is 5.80. The second kappa shape index (κ2) is 10.8. The van der Waals surface area contributed by atoms with Crippen molar-refractivity contribution in [3.63, 3.8) is 0 Å². The minimum absolute atomic E-state index is 0.217. The lowest BCUT2D eigenvalue weighted by molar-refractivity contribution is -0.119. The summed E-state index contributed by atoms with van der Waals surface area (Å²) < 4.78 is 5.73. The van der Waals surface area contributed by atoms with Gasteiger partial charge in [0.2, 0.25) is 5.91 Å². The van der Waals surface area contributed by atoms with Crippen LogP contribution in [-0.4, -0.2) is 50.1 Å². The molecular formula is C21H34N4O2. The van der Waals surface area contributed by atoms with Gasteiger partial charge in [-0.1, -0.05) is 26.0 Å². The van der Waals surface area contributed by atoms with Gasteiger partial charge in [0.1, 0.15) is 5.75 Å². The molecule has 27 heavy (non-hydrogen) atoms. The lowest BCUT2D eigenvalue weighted by Crippen LogP contribution is -2.47. The van der Waals surface area contributed by atoms with Gasteiger partial charge < -0.3 is 20.7 Å². The van der Waals surface area contributed by atoms with E-state index < -0.39 is 0 Å². The molecule has 0 saturated carbocycles. The number of carbonyl (C=O) groups excluding carboxylic acids is 1. The Hall–Kier alpha value is -2.24. The second-order valence-corrected chi connectivity index (χ2v) is 7.70. The molecule has 0 aliphatic carbocycles. The first kappa shape index (κ1) is 21.1. The molecule has 1 heterocycles. The van der Waals surface area contributed by atoms with Gasteiger partial charge in [0.05, 0.1) is 6.61 Å². The van der Waals surface area contributed by atoms with Crippen molar-refractivity contribution >= 4 is 11.9 Å². The molecule has 3 N–H and O–H groups in total. The van der Waals surface area contributed by atoms with E-state index in [9.17, 15) is 4.79 Å². The summed E-state index contributed by atoms with van der Waals surface area (Å²) in [5, 5.41) is 3.44. The van der Waals surface area contributed by atoms with E-state index in [0.717, 1.165) is 57.2 Å². The van der Waals surface area contributed by atoms with E-state index in [2.05, 4.69) is 41.2 Å². The fourth-order valence-corrected chi connectivity index (χ4v) is 3.37. The third kappa shape index (κ3) is 7.49. The molecule has 0 bridgehead atoms. The molecule has 1 aliphatic heterocycles. The first-order valence-electron chi connectivity index (χ1n) is 9.93. The summed E-state index contributed by atoms with van der Waals surface area (Å²) in [6.45, 7) is 7.65. The maximum absolute atomic E-state index is 11.2. The van der Waals surface area contributed by atoms with Crippen LogP contribution < -0.4 is 15.8 Å². The van der Waals surface area contributed by atoms with Crippen LogP contribution in [0, 0.1) is 11.8 Å². The Bertz CT molecular complexity index is 613. The smallest absolute Gasteiger partial charge is 0.217 e. The summed E-state index contributed by atoms with van der Waals surface area (Å²) in [5.74, 6) is 2.46. The largest absolute Gasteiger partial charge is 0.493 e. The Labute approximate surface area is 163 Å². The fourth-order valence-electron chi connectivity index (χ4n) is 3.37. The van der Waals surface area contributed by atoms with Gasteiger partial charge in [-0.15, -0.1) is 0 Å². The normalized spacial score (nSPS) is 17.9.